The van der Waals surface area contributed by atoms with E-state index in [2.05, 4.69) is 5.32 Å². The second kappa shape index (κ2) is 9.38. The van der Waals surface area contributed by atoms with Crippen LogP contribution < -0.4 is 10.1 Å². The zero-order valence-corrected chi connectivity index (χ0v) is 16.0. The summed E-state index contributed by atoms with van der Waals surface area (Å²) in [7, 11) is -3.50. The van der Waals surface area contributed by atoms with Gasteiger partial charge in [0.25, 0.3) is 5.91 Å². The quantitative estimate of drug-likeness (QED) is 0.527. The summed E-state index contributed by atoms with van der Waals surface area (Å²) in [5.74, 6) is -0.727. The number of para-hydroxylation sites is 1. The first kappa shape index (κ1) is 20.7. The van der Waals surface area contributed by atoms with Crippen LogP contribution in [0.15, 0.2) is 53.4 Å². The maximum atomic E-state index is 12.1. The molecule has 0 aliphatic rings. The number of amides is 1. The number of sulfone groups is 1. The van der Waals surface area contributed by atoms with E-state index in [1.54, 1.807) is 12.1 Å². The van der Waals surface area contributed by atoms with Crippen molar-refractivity contribution in [3.8, 4) is 5.75 Å². The molecule has 0 radical (unpaired) electrons. The van der Waals surface area contributed by atoms with Crippen molar-refractivity contribution in [2.24, 2.45) is 0 Å². The van der Waals surface area contributed by atoms with Gasteiger partial charge in [0.05, 0.1) is 22.0 Å². The summed E-state index contributed by atoms with van der Waals surface area (Å²) in [6, 6.07) is 12.8. The molecule has 0 saturated heterocycles. The minimum atomic E-state index is -3.50. The van der Waals surface area contributed by atoms with Gasteiger partial charge in [-0.3, -0.25) is 4.79 Å². The van der Waals surface area contributed by atoms with Gasteiger partial charge in [0.15, 0.2) is 16.4 Å². The highest BCUT2D eigenvalue weighted by Gasteiger charge is 2.17. The first-order valence-corrected chi connectivity index (χ1v) is 10.2. The summed E-state index contributed by atoms with van der Waals surface area (Å²) in [6.07, 6.45) is 1.01. The number of ether oxygens (including phenoxy) is 2. The fraction of sp³-hybridized carbons (Fsp3) is 0.222. The second-order valence-corrected chi connectivity index (χ2v) is 7.92. The van der Waals surface area contributed by atoms with E-state index < -0.39 is 28.3 Å². The Morgan fingerprint density at radius 1 is 1.11 bits per heavy atom. The Balaban J connectivity index is 1.80. The fourth-order valence-corrected chi connectivity index (χ4v) is 2.87. The van der Waals surface area contributed by atoms with Crippen LogP contribution in [-0.4, -0.2) is 46.3 Å². The maximum absolute atomic E-state index is 12.1. The smallest absolute Gasteiger partial charge is 0.340 e. The van der Waals surface area contributed by atoms with Gasteiger partial charge in [0.2, 0.25) is 0 Å². The van der Waals surface area contributed by atoms with Crippen LogP contribution in [0.1, 0.15) is 10.4 Å². The van der Waals surface area contributed by atoms with Crippen LogP contribution in [0.2, 0.25) is 5.02 Å². The van der Waals surface area contributed by atoms with Crippen molar-refractivity contribution in [3.63, 3.8) is 0 Å². The average molecular weight is 412 g/mol. The largest absolute Gasteiger partial charge is 0.492 e. The van der Waals surface area contributed by atoms with Gasteiger partial charge < -0.3 is 14.8 Å². The van der Waals surface area contributed by atoms with Gasteiger partial charge in [-0.05, 0) is 30.3 Å². The third-order valence-electron chi connectivity index (χ3n) is 3.36. The van der Waals surface area contributed by atoms with Crippen molar-refractivity contribution in [3.05, 3.63) is 59.1 Å². The number of carbonyl (C=O) groups is 2. The lowest BCUT2D eigenvalue weighted by molar-refractivity contribution is -0.124. The van der Waals surface area contributed by atoms with Crippen molar-refractivity contribution in [1.82, 2.24) is 5.32 Å². The van der Waals surface area contributed by atoms with E-state index in [1.165, 1.54) is 12.1 Å². The Morgan fingerprint density at radius 3 is 2.48 bits per heavy atom. The minimum absolute atomic E-state index is 0.0315. The van der Waals surface area contributed by atoms with E-state index in [-0.39, 0.29) is 28.6 Å². The number of hydrogen-bond donors (Lipinski definition) is 1. The molecule has 7 nitrogen and oxygen atoms in total. The third kappa shape index (κ3) is 6.58. The highest BCUT2D eigenvalue weighted by molar-refractivity contribution is 7.90. The molecule has 2 rings (SSSR count). The molecule has 27 heavy (non-hydrogen) atoms. The summed E-state index contributed by atoms with van der Waals surface area (Å²) >= 11 is 5.90. The fourth-order valence-electron chi connectivity index (χ4n) is 2.03. The molecule has 0 atom stereocenters. The third-order valence-corrected chi connectivity index (χ3v) is 4.80. The van der Waals surface area contributed by atoms with Crippen molar-refractivity contribution in [2.75, 3.05) is 26.0 Å². The molecule has 0 heterocycles. The standard InChI is InChI=1S/C18H18ClNO6S/c1-27(23,24)14-7-8-16(19)15(11-14)18(22)26-12-17(21)20-9-10-25-13-5-3-2-4-6-13/h2-8,11H,9-10,12H2,1H3,(H,20,21). The molecule has 0 bridgehead atoms. The topological polar surface area (TPSA) is 98.8 Å². The molecule has 144 valence electrons. The molecular formula is C18H18ClNO6S. The summed E-state index contributed by atoms with van der Waals surface area (Å²) in [5, 5.41) is 2.57. The molecule has 1 amide bonds. The summed E-state index contributed by atoms with van der Waals surface area (Å²) in [6.45, 7) is -0.0366. The number of halogens is 1. The first-order valence-electron chi connectivity index (χ1n) is 7.88. The lowest BCUT2D eigenvalue weighted by Gasteiger charge is -2.09. The molecule has 1 N–H and O–H groups in total. The molecule has 0 fully saturated rings. The van der Waals surface area contributed by atoms with E-state index in [0.717, 1.165) is 12.3 Å². The van der Waals surface area contributed by atoms with E-state index in [9.17, 15) is 18.0 Å². The predicted molar refractivity (Wildman–Crippen MR) is 99.8 cm³/mol. The highest BCUT2D eigenvalue weighted by atomic mass is 35.5. The van der Waals surface area contributed by atoms with Gasteiger partial charge in [-0.1, -0.05) is 29.8 Å². The lowest BCUT2D eigenvalue weighted by atomic mass is 10.2. The van der Waals surface area contributed by atoms with Crippen LogP contribution in [0.5, 0.6) is 5.75 Å². The van der Waals surface area contributed by atoms with E-state index >= 15 is 0 Å². The van der Waals surface area contributed by atoms with Crippen LogP contribution in [0.3, 0.4) is 0 Å². The van der Waals surface area contributed by atoms with E-state index in [0.29, 0.717) is 5.75 Å². The van der Waals surface area contributed by atoms with Crippen molar-refractivity contribution < 1.29 is 27.5 Å². The van der Waals surface area contributed by atoms with Crippen LogP contribution in [-0.2, 0) is 19.4 Å². The predicted octanol–water partition coefficient (Wildman–Crippen LogP) is 2.10. The molecule has 0 aliphatic carbocycles. The van der Waals surface area contributed by atoms with Crippen LogP contribution in [0.4, 0.5) is 0 Å². The Labute approximate surface area is 162 Å². The lowest BCUT2D eigenvalue weighted by Crippen LogP contribution is -2.32. The number of hydrogen-bond acceptors (Lipinski definition) is 6. The average Bonchev–Trinajstić information content (AvgIpc) is 2.63. The number of esters is 1. The van der Waals surface area contributed by atoms with Crippen LogP contribution in [0, 0.1) is 0 Å². The number of rotatable bonds is 8. The first-order chi connectivity index (χ1) is 12.8. The Bertz CT molecular complexity index is 915. The molecule has 0 aliphatic heterocycles. The van der Waals surface area contributed by atoms with Gasteiger partial charge in [0.1, 0.15) is 12.4 Å². The Hall–Kier alpha value is -2.58. The molecule has 2 aromatic rings. The van der Waals surface area contributed by atoms with Crippen molar-refractivity contribution >= 4 is 33.3 Å². The molecule has 2 aromatic carbocycles. The van der Waals surface area contributed by atoms with Crippen molar-refractivity contribution in [1.29, 1.82) is 0 Å². The van der Waals surface area contributed by atoms with Gasteiger partial charge in [-0.25, -0.2) is 13.2 Å². The summed E-state index contributed by atoms with van der Waals surface area (Å²) in [5.41, 5.74) is -0.125. The molecule has 0 saturated carbocycles. The van der Waals surface area contributed by atoms with Crippen LogP contribution >= 0.6 is 11.6 Å². The summed E-state index contributed by atoms with van der Waals surface area (Å²) < 4.78 is 33.4. The molecule has 0 spiro atoms. The zero-order valence-electron chi connectivity index (χ0n) is 14.5. The second-order valence-electron chi connectivity index (χ2n) is 5.50. The molecule has 9 heteroatoms. The van der Waals surface area contributed by atoms with E-state index in [4.69, 9.17) is 21.1 Å². The van der Waals surface area contributed by atoms with E-state index in [1.807, 2.05) is 18.2 Å². The zero-order chi connectivity index (χ0) is 19.9. The Morgan fingerprint density at radius 2 is 1.81 bits per heavy atom. The highest BCUT2D eigenvalue weighted by Crippen LogP contribution is 2.21. The normalized spacial score (nSPS) is 10.9. The van der Waals surface area contributed by atoms with Gasteiger partial charge in [-0.2, -0.15) is 0 Å². The number of benzene rings is 2. The summed E-state index contributed by atoms with van der Waals surface area (Å²) in [4.78, 5) is 23.7. The Kier molecular flexibility index (Phi) is 7.20. The maximum Gasteiger partial charge on any atom is 0.340 e. The monoisotopic (exact) mass is 411 g/mol. The molecule has 0 unspecified atom stereocenters. The van der Waals surface area contributed by atoms with Gasteiger partial charge >= 0.3 is 5.97 Å². The SMILES string of the molecule is CS(=O)(=O)c1ccc(Cl)c(C(=O)OCC(=O)NCCOc2ccccc2)c1. The van der Waals surface area contributed by atoms with Crippen molar-refractivity contribution in [2.45, 2.75) is 4.90 Å². The van der Waals surface area contributed by atoms with Crippen LogP contribution in [0.25, 0.3) is 0 Å². The molecular weight excluding hydrogens is 394 g/mol. The number of carbonyl (C=O) groups excluding carboxylic acids is 2. The minimum Gasteiger partial charge on any atom is -0.492 e. The number of nitrogens with one attached hydrogen (secondary N) is 1. The molecule has 0 aromatic heterocycles. The van der Waals surface area contributed by atoms with Gasteiger partial charge in [0, 0.05) is 6.26 Å². The van der Waals surface area contributed by atoms with Gasteiger partial charge in [-0.15, -0.1) is 0 Å².